The van der Waals surface area contributed by atoms with E-state index in [9.17, 15) is 0 Å². The monoisotopic (exact) mass is 275 g/mol. The molecular formula is C14H21N5O. The fourth-order valence-corrected chi connectivity index (χ4v) is 2.89. The van der Waals surface area contributed by atoms with Crippen LogP contribution in [0.5, 0.6) is 0 Å². The second-order valence-electron chi connectivity index (χ2n) is 5.51. The van der Waals surface area contributed by atoms with Crippen LogP contribution < -0.4 is 5.32 Å². The van der Waals surface area contributed by atoms with Crippen molar-refractivity contribution in [1.29, 1.82) is 0 Å². The number of hydrogen-bond acceptors (Lipinski definition) is 5. The Hall–Kier alpha value is -1.69. The smallest absolute Gasteiger partial charge is 0.254 e. The van der Waals surface area contributed by atoms with E-state index >= 15 is 0 Å². The van der Waals surface area contributed by atoms with Gasteiger partial charge in [-0.2, -0.15) is 14.6 Å². The highest BCUT2D eigenvalue weighted by Crippen LogP contribution is 2.26. The first kappa shape index (κ1) is 13.3. The molecule has 108 valence electrons. The van der Waals surface area contributed by atoms with Crippen molar-refractivity contribution in [3.05, 3.63) is 17.6 Å². The predicted molar refractivity (Wildman–Crippen MR) is 76.9 cm³/mol. The molecule has 0 amide bonds. The molecule has 1 aliphatic carbocycles. The lowest BCUT2D eigenvalue weighted by Crippen LogP contribution is -2.32. The maximum absolute atomic E-state index is 5.50. The van der Waals surface area contributed by atoms with Gasteiger partial charge in [-0.05, 0) is 39.5 Å². The maximum Gasteiger partial charge on any atom is 0.254 e. The molecule has 6 nitrogen and oxygen atoms in total. The average Bonchev–Trinajstić information content (AvgIpc) is 2.92. The van der Waals surface area contributed by atoms with Crippen LogP contribution in [0.15, 0.2) is 6.33 Å². The van der Waals surface area contributed by atoms with Crippen molar-refractivity contribution in [3.8, 4) is 0 Å². The van der Waals surface area contributed by atoms with Crippen LogP contribution in [-0.2, 0) is 4.74 Å². The van der Waals surface area contributed by atoms with Crippen LogP contribution >= 0.6 is 0 Å². The lowest BCUT2D eigenvalue weighted by Gasteiger charge is -2.30. The normalized spacial score (nSPS) is 23.1. The summed E-state index contributed by atoms with van der Waals surface area (Å²) in [6.07, 6.45) is 6.45. The fourth-order valence-electron chi connectivity index (χ4n) is 2.89. The zero-order valence-electron chi connectivity index (χ0n) is 12.3. The first-order chi connectivity index (χ1) is 9.69. The van der Waals surface area contributed by atoms with Gasteiger partial charge in [-0.3, -0.25) is 0 Å². The van der Waals surface area contributed by atoms with E-state index in [4.69, 9.17) is 4.74 Å². The largest absolute Gasteiger partial charge is 0.381 e. The van der Waals surface area contributed by atoms with Crippen molar-refractivity contribution < 1.29 is 4.74 Å². The molecule has 0 radical (unpaired) electrons. The topological polar surface area (TPSA) is 64.3 Å². The summed E-state index contributed by atoms with van der Waals surface area (Å²) in [4.78, 5) is 8.63. The van der Waals surface area contributed by atoms with E-state index in [1.54, 1.807) is 18.0 Å². The molecule has 2 aromatic rings. The Morgan fingerprint density at radius 3 is 3.00 bits per heavy atom. The van der Waals surface area contributed by atoms with Crippen LogP contribution in [0.1, 0.15) is 36.9 Å². The lowest BCUT2D eigenvalue weighted by molar-refractivity contribution is 0.0668. The SMILES string of the molecule is COC1CCCC(Nc2c(C)c(C)nc3ncnn23)C1. The zero-order chi connectivity index (χ0) is 14.1. The third-order valence-corrected chi connectivity index (χ3v) is 4.21. The molecule has 3 rings (SSSR count). The summed E-state index contributed by atoms with van der Waals surface area (Å²) in [7, 11) is 1.80. The Labute approximate surface area is 118 Å². The van der Waals surface area contributed by atoms with E-state index in [1.807, 2.05) is 6.92 Å². The van der Waals surface area contributed by atoms with Crippen molar-refractivity contribution in [2.45, 2.75) is 51.7 Å². The van der Waals surface area contributed by atoms with Crippen LogP contribution in [0.4, 0.5) is 5.82 Å². The standard InChI is InChI=1S/C14H21N5O/c1-9-10(2)17-14-15-8-16-19(14)13(9)18-11-5-4-6-12(7-11)20-3/h8,11-12,18H,4-7H2,1-3H3. The van der Waals surface area contributed by atoms with Gasteiger partial charge in [0.15, 0.2) is 0 Å². The second-order valence-corrected chi connectivity index (χ2v) is 5.51. The van der Waals surface area contributed by atoms with Crippen molar-refractivity contribution in [2.24, 2.45) is 0 Å². The summed E-state index contributed by atoms with van der Waals surface area (Å²) in [5, 5.41) is 7.90. The van der Waals surface area contributed by atoms with Crippen LogP contribution in [0, 0.1) is 13.8 Å². The number of anilines is 1. The third kappa shape index (κ3) is 2.35. The molecule has 1 fully saturated rings. The number of aromatic nitrogens is 4. The minimum Gasteiger partial charge on any atom is -0.381 e. The summed E-state index contributed by atoms with van der Waals surface area (Å²) in [6, 6.07) is 0.418. The minimum absolute atomic E-state index is 0.357. The molecule has 1 aliphatic rings. The molecule has 0 bridgehead atoms. The number of fused-ring (bicyclic) bond motifs is 1. The van der Waals surface area contributed by atoms with Crippen molar-refractivity contribution >= 4 is 11.6 Å². The van der Waals surface area contributed by atoms with Gasteiger partial charge in [0.1, 0.15) is 12.1 Å². The van der Waals surface area contributed by atoms with Crippen molar-refractivity contribution in [3.63, 3.8) is 0 Å². The average molecular weight is 275 g/mol. The van der Waals surface area contributed by atoms with Crippen LogP contribution in [0.3, 0.4) is 0 Å². The minimum atomic E-state index is 0.357. The zero-order valence-corrected chi connectivity index (χ0v) is 12.3. The highest BCUT2D eigenvalue weighted by molar-refractivity contribution is 5.52. The molecule has 1 N–H and O–H groups in total. The van der Waals surface area contributed by atoms with Crippen LogP contribution in [-0.4, -0.2) is 38.8 Å². The van der Waals surface area contributed by atoms with E-state index < -0.39 is 0 Å². The molecule has 0 spiro atoms. The van der Waals surface area contributed by atoms with Gasteiger partial charge >= 0.3 is 0 Å². The Kier molecular flexibility index (Phi) is 3.56. The summed E-state index contributed by atoms with van der Waals surface area (Å²) >= 11 is 0. The molecule has 2 heterocycles. The van der Waals surface area contributed by atoms with E-state index in [2.05, 4.69) is 27.3 Å². The van der Waals surface area contributed by atoms with Crippen LogP contribution in [0.25, 0.3) is 5.78 Å². The van der Waals surface area contributed by atoms with E-state index in [1.165, 1.54) is 6.42 Å². The molecule has 20 heavy (non-hydrogen) atoms. The number of nitrogens with zero attached hydrogens (tertiary/aromatic N) is 4. The van der Waals surface area contributed by atoms with E-state index in [-0.39, 0.29) is 0 Å². The van der Waals surface area contributed by atoms with Crippen molar-refractivity contribution in [2.75, 3.05) is 12.4 Å². The van der Waals surface area contributed by atoms with Gasteiger partial charge in [-0.25, -0.2) is 4.98 Å². The quantitative estimate of drug-likeness (QED) is 0.929. The highest BCUT2D eigenvalue weighted by Gasteiger charge is 2.23. The molecule has 6 heteroatoms. The van der Waals surface area contributed by atoms with Gasteiger partial charge in [-0.1, -0.05) is 0 Å². The van der Waals surface area contributed by atoms with Crippen molar-refractivity contribution in [1.82, 2.24) is 19.6 Å². The molecule has 0 saturated heterocycles. The molecule has 2 atom stereocenters. The van der Waals surface area contributed by atoms with Crippen LogP contribution in [0.2, 0.25) is 0 Å². The van der Waals surface area contributed by atoms with Gasteiger partial charge in [0.25, 0.3) is 5.78 Å². The number of hydrogen-bond donors (Lipinski definition) is 1. The summed E-state index contributed by atoms with van der Waals surface area (Å²) in [5.74, 6) is 1.65. The molecule has 2 unspecified atom stereocenters. The summed E-state index contributed by atoms with van der Waals surface area (Å²) < 4.78 is 7.29. The van der Waals surface area contributed by atoms with Gasteiger partial charge in [0.05, 0.1) is 6.10 Å². The van der Waals surface area contributed by atoms with E-state index in [0.29, 0.717) is 17.9 Å². The van der Waals surface area contributed by atoms with Gasteiger partial charge in [0.2, 0.25) is 0 Å². The highest BCUT2D eigenvalue weighted by atomic mass is 16.5. The number of rotatable bonds is 3. The molecular weight excluding hydrogens is 254 g/mol. The molecule has 2 aromatic heterocycles. The number of aryl methyl sites for hydroxylation is 1. The number of ether oxygens (including phenoxy) is 1. The summed E-state index contributed by atoms with van der Waals surface area (Å²) in [5.41, 5.74) is 2.12. The first-order valence-corrected chi connectivity index (χ1v) is 7.15. The first-order valence-electron chi connectivity index (χ1n) is 7.15. The molecule has 0 aromatic carbocycles. The maximum atomic E-state index is 5.50. The Balaban J connectivity index is 1.90. The summed E-state index contributed by atoms with van der Waals surface area (Å²) in [6.45, 7) is 4.08. The second kappa shape index (κ2) is 5.36. The Bertz CT molecular complexity index is 609. The van der Waals surface area contributed by atoms with Gasteiger partial charge in [0, 0.05) is 24.4 Å². The Morgan fingerprint density at radius 1 is 1.35 bits per heavy atom. The number of methoxy groups -OCH3 is 1. The molecule has 1 saturated carbocycles. The van der Waals surface area contributed by atoms with E-state index in [0.717, 1.165) is 36.3 Å². The number of nitrogens with one attached hydrogen (secondary N) is 1. The molecule has 0 aliphatic heterocycles. The lowest BCUT2D eigenvalue weighted by atomic mass is 9.93. The predicted octanol–water partition coefficient (Wildman–Crippen LogP) is 2.11. The Morgan fingerprint density at radius 2 is 2.20 bits per heavy atom. The van der Waals surface area contributed by atoms with Gasteiger partial charge < -0.3 is 10.1 Å². The third-order valence-electron chi connectivity index (χ3n) is 4.21. The van der Waals surface area contributed by atoms with Gasteiger partial charge in [-0.15, -0.1) is 0 Å². The fraction of sp³-hybridized carbons (Fsp3) is 0.643.